The van der Waals surface area contributed by atoms with Crippen molar-refractivity contribution in [3.8, 4) is 0 Å². The van der Waals surface area contributed by atoms with Crippen LogP contribution >= 0.6 is 23.2 Å². The number of aromatic amines is 1. The number of sulfonamides is 1. The quantitative estimate of drug-likeness (QED) is 0.889. The Morgan fingerprint density at radius 3 is 2.82 bits per heavy atom. The highest BCUT2D eigenvalue weighted by Gasteiger charge is 2.28. The molecule has 0 atom stereocenters. The number of H-pyrrole nitrogens is 1. The standard InChI is InChI=1S/C13H16Cl2N4O2S/c1-2-19-4-3-18(5-6-22(19,20)21)13-9-8-16-17-11(9)7-10(14)12(13)15/h7-8H,2-6H2,1H3,(H,16,17). The summed E-state index contributed by atoms with van der Waals surface area (Å²) in [5, 5.41) is 8.59. The minimum atomic E-state index is -3.22. The molecule has 22 heavy (non-hydrogen) atoms. The number of benzene rings is 1. The molecule has 0 saturated carbocycles. The third-order valence-electron chi connectivity index (χ3n) is 3.91. The topological polar surface area (TPSA) is 69.3 Å². The zero-order chi connectivity index (χ0) is 15.9. The normalized spacial score (nSPS) is 19.5. The van der Waals surface area contributed by atoms with Crippen molar-refractivity contribution in [2.75, 3.05) is 36.8 Å². The van der Waals surface area contributed by atoms with Crippen LogP contribution < -0.4 is 4.90 Å². The number of aromatic nitrogens is 2. The van der Waals surface area contributed by atoms with Gasteiger partial charge in [-0.3, -0.25) is 5.10 Å². The van der Waals surface area contributed by atoms with Crippen molar-refractivity contribution in [2.24, 2.45) is 0 Å². The Kier molecular flexibility index (Phi) is 4.24. The van der Waals surface area contributed by atoms with Crippen LogP contribution in [0.4, 0.5) is 5.69 Å². The Balaban J connectivity index is 2.05. The average molecular weight is 363 g/mol. The van der Waals surface area contributed by atoms with E-state index in [1.165, 1.54) is 4.31 Å². The van der Waals surface area contributed by atoms with Gasteiger partial charge in [0.15, 0.2) is 0 Å². The maximum atomic E-state index is 12.2. The Bertz CT molecular complexity index is 806. The molecule has 1 aromatic heterocycles. The molecule has 1 aliphatic heterocycles. The minimum Gasteiger partial charge on any atom is -0.367 e. The molecule has 0 amide bonds. The molecule has 0 unspecified atom stereocenters. The molecule has 1 saturated heterocycles. The van der Waals surface area contributed by atoms with Gasteiger partial charge in [-0.25, -0.2) is 12.7 Å². The van der Waals surface area contributed by atoms with Gasteiger partial charge in [0.1, 0.15) is 0 Å². The maximum absolute atomic E-state index is 12.2. The van der Waals surface area contributed by atoms with E-state index in [0.717, 1.165) is 16.6 Å². The highest BCUT2D eigenvalue weighted by Crippen LogP contribution is 2.39. The predicted octanol–water partition coefficient (Wildman–Crippen LogP) is 2.34. The van der Waals surface area contributed by atoms with Crippen LogP contribution in [0.25, 0.3) is 10.9 Å². The summed E-state index contributed by atoms with van der Waals surface area (Å²) in [5.74, 6) is 0.0586. The van der Waals surface area contributed by atoms with E-state index >= 15 is 0 Å². The van der Waals surface area contributed by atoms with E-state index in [-0.39, 0.29) is 5.75 Å². The molecular formula is C13H16Cl2N4O2S. The summed E-state index contributed by atoms with van der Waals surface area (Å²) in [4.78, 5) is 1.97. The molecule has 0 bridgehead atoms. The largest absolute Gasteiger partial charge is 0.367 e. The third-order valence-corrected chi connectivity index (χ3v) is 6.62. The molecule has 0 spiro atoms. The lowest BCUT2D eigenvalue weighted by Gasteiger charge is -2.24. The summed E-state index contributed by atoms with van der Waals surface area (Å²) in [5.41, 5.74) is 1.52. The molecule has 1 fully saturated rings. The molecule has 1 aromatic carbocycles. The summed E-state index contributed by atoms with van der Waals surface area (Å²) in [6.07, 6.45) is 1.68. The fourth-order valence-corrected chi connectivity index (χ4v) is 4.68. The van der Waals surface area contributed by atoms with Gasteiger partial charge in [0, 0.05) is 31.6 Å². The molecule has 1 aliphatic rings. The first-order valence-electron chi connectivity index (χ1n) is 6.98. The maximum Gasteiger partial charge on any atom is 0.215 e. The van der Waals surface area contributed by atoms with E-state index in [1.807, 2.05) is 11.8 Å². The zero-order valence-electron chi connectivity index (χ0n) is 12.0. The monoisotopic (exact) mass is 362 g/mol. The number of hydrogen-bond acceptors (Lipinski definition) is 4. The molecule has 1 N–H and O–H groups in total. The van der Waals surface area contributed by atoms with E-state index in [2.05, 4.69) is 10.2 Å². The van der Waals surface area contributed by atoms with Gasteiger partial charge < -0.3 is 4.90 Å². The van der Waals surface area contributed by atoms with Crippen LogP contribution in [-0.4, -0.2) is 54.9 Å². The molecule has 2 heterocycles. The highest BCUT2D eigenvalue weighted by molar-refractivity contribution is 7.89. The van der Waals surface area contributed by atoms with Crippen LogP contribution in [-0.2, 0) is 10.0 Å². The summed E-state index contributed by atoms with van der Waals surface area (Å²) >= 11 is 12.6. The lowest BCUT2D eigenvalue weighted by Crippen LogP contribution is -2.33. The molecule has 9 heteroatoms. The van der Waals surface area contributed by atoms with Gasteiger partial charge in [0.2, 0.25) is 10.0 Å². The molecule has 6 nitrogen and oxygen atoms in total. The van der Waals surface area contributed by atoms with Crippen molar-refractivity contribution >= 4 is 49.8 Å². The lowest BCUT2D eigenvalue weighted by atomic mass is 10.2. The molecule has 0 aliphatic carbocycles. The van der Waals surface area contributed by atoms with Gasteiger partial charge >= 0.3 is 0 Å². The first-order valence-corrected chi connectivity index (χ1v) is 9.34. The fraction of sp³-hybridized carbons (Fsp3) is 0.462. The van der Waals surface area contributed by atoms with Crippen molar-refractivity contribution < 1.29 is 8.42 Å². The zero-order valence-corrected chi connectivity index (χ0v) is 14.3. The average Bonchev–Trinajstić information content (AvgIpc) is 2.86. The molecule has 120 valence electrons. The first-order chi connectivity index (χ1) is 10.4. The van der Waals surface area contributed by atoms with E-state index in [9.17, 15) is 8.42 Å². The van der Waals surface area contributed by atoms with Gasteiger partial charge in [-0.1, -0.05) is 30.1 Å². The summed E-state index contributed by atoms with van der Waals surface area (Å²) in [6.45, 7) is 3.68. The number of likely N-dealkylation sites (N-methyl/N-ethyl adjacent to an activating group) is 1. The number of nitrogens with zero attached hydrogens (tertiary/aromatic N) is 3. The van der Waals surface area contributed by atoms with Crippen LogP contribution in [0.3, 0.4) is 0 Å². The van der Waals surface area contributed by atoms with Crippen molar-refractivity contribution in [3.05, 3.63) is 22.3 Å². The van der Waals surface area contributed by atoms with Crippen LogP contribution in [0.5, 0.6) is 0 Å². The molecule has 0 radical (unpaired) electrons. The number of anilines is 1. The number of fused-ring (bicyclic) bond motifs is 1. The van der Waals surface area contributed by atoms with Crippen molar-refractivity contribution in [1.29, 1.82) is 0 Å². The second-order valence-electron chi connectivity index (χ2n) is 5.15. The van der Waals surface area contributed by atoms with Gasteiger partial charge in [-0.15, -0.1) is 0 Å². The lowest BCUT2D eigenvalue weighted by molar-refractivity contribution is 0.442. The van der Waals surface area contributed by atoms with Crippen LogP contribution in [0.2, 0.25) is 10.0 Å². The summed E-state index contributed by atoms with van der Waals surface area (Å²) < 4.78 is 25.9. The predicted molar refractivity (Wildman–Crippen MR) is 89.4 cm³/mol. The number of halogens is 2. The van der Waals surface area contributed by atoms with Crippen molar-refractivity contribution in [3.63, 3.8) is 0 Å². The number of rotatable bonds is 2. The second kappa shape index (κ2) is 5.88. The van der Waals surface area contributed by atoms with E-state index < -0.39 is 10.0 Å². The molecule has 3 rings (SSSR count). The Morgan fingerprint density at radius 1 is 1.32 bits per heavy atom. The summed E-state index contributed by atoms with van der Waals surface area (Å²) in [7, 11) is -3.22. The van der Waals surface area contributed by atoms with E-state index in [0.29, 0.717) is 36.2 Å². The second-order valence-corrected chi connectivity index (χ2v) is 8.02. The van der Waals surface area contributed by atoms with Crippen LogP contribution in [0.1, 0.15) is 6.92 Å². The molecular weight excluding hydrogens is 347 g/mol. The highest BCUT2D eigenvalue weighted by atomic mass is 35.5. The van der Waals surface area contributed by atoms with Gasteiger partial charge in [-0.2, -0.15) is 5.10 Å². The SMILES string of the molecule is CCN1CCN(c2c(Cl)c(Cl)cc3[nH]ncc23)CCS1(=O)=O. The van der Waals surface area contributed by atoms with Crippen molar-refractivity contribution in [2.45, 2.75) is 6.92 Å². The minimum absolute atomic E-state index is 0.0586. The van der Waals surface area contributed by atoms with Gasteiger partial charge in [-0.05, 0) is 6.07 Å². The Labute approximate surface area is 139 Å². The van der Waals surface area contributed by atoms with Gasteiger partial charge in [0.25, 0.3) is 0 Å². The smallest absolute Gasteiger partial charge is 0.215 e. The van der Waals surface area contributed by atoms with E-state index in [1.54, 1.807) is 12.3 Å². The molecule has 2 aromatic rings. The van der Waals surface area contributed by atoms with Crippen LogP contribution in [0, 0.1) is 0 Å². The number of nitrogens with one attached hydrogen (secondary N) is 1. The third kappa shape index (κ3) is 2.67. The first kappa shape index (κ1) is 15.9. The van der Waals surface area contributed by atoms with Crippen LogP contribution in [0.15, 0.2) is 12.3 Å². The summed E-state index contributed by atoms with van der Waals surface area (Å²) in [6, 6.07) is 1.72. The Hall–Kier alpha value is -1.02. The fourth-order valence-electron chi connectivity index (χ4n) is 2.74. The Morgan fingerprint density at radius 2 is 2.09 bits per heavy atom. The number of hydrogen-bond donors (Lipinski definition) is 1. The van der Waals surface area contributed by atoms with Crippen molar-refractivity contribution in [1.82, 2.24) is 14.5 Å². The van der Waals surface area contributed by atoms with E-state index in [4.69, 9.17) is 23.2 Å². The van der Waals surface area contributed by atoms with Gasteiger partial charge in [0.05, 0.1) is 33.2 Å².